The largest absolute Gasteiger partial charge is 0.340 e. The fraction of sp³-hybridized carbons (Fsp3) is 0.0909. The van der Waals surface area contributed by atoms with Gasteiger partial charge in [-0.2, -0.15) is 0 Å². The molecule has 0 aliphatic rings. The van der Waals surface area contributed by atoms with E-state index in [4.69, 9.17) is 11.6 Å². The van der Waals surface area contributed by atoms with Crippen LogP contribution in [-0.2, 0) is 12.2 Å². The minimum Gasteiger partial charge on any atom is -0.340 e. The van der Waals surface area contributed by atoms with Gasteiger partial charge in [0.2, 0.25) is 0 Å². The third-order valence-electron chi connectivity index (χ3n) is 6.62. The van der Waals surface area contributed by atoms with Crippen LogP contribution >= 0.6 is 34.7 Å². The van der Waals surface area contributed by atoms with E-state index in [1.54, 1.807) is 5.38 Å². The molecule has 6 rings (SSSR count). The van der Waals surface area contributed by atoms with Gasteiger partial charge in [-0.25, -0.2) is 4.98 Å². The highest BCUT2D eigenvalue weighted by molar-refractivity contribution is 7.98. The van der Waals surface area contributed by atoms with Crippen molar-refractivity contribution in [2.75, 3.05) is 0 Å². The van der Waals surface area contributed by atoms with Crippen LogP contribution in [0.1, 0.15) is 44.1 Å². The molecule has 4 aromatic carbocycles. The molecule has 0 saturated carbocycles. The maximum Gasteiger partial charge on any atom is 0.271 e. The average Bonchev–Trinajstić information content (AvgIpc) is 3.67. The number of carbonyl (C=O) groups is 1. The molecule has 2 heterocycles. The van der Waals surface area contributed by atoms with Crippen LogP contribution in [0.25, 0.3) is 5.69 Å². The summed E-state index contributed by atoms with van der Waals surface area (Å²) in [5.74, 6) is 1.15. The van der Waals surface area contributed by atoms with Crippen molar-refractivity contribution in [2.24, 2.45) is 0 Å². The molecule has 0 saturated heterocycles. The molecule has 2 aromatic heterocycles. The third-order valence-corrected chi connectivity index (χ3v) is 8.83. The molecule has 0 aliphatic carbocycles. The Bertz CT molecular complexity index is 1740. The van der Waals surface area contributed by atoms with Gasteiger partial charge in [-0.05, 0) is 34.9 Å². The molecular weight excluding hydrogens is 582 g/mol. The molecule has 0 unspecified atom stereocenters. The minimum atomic E-state index is -0.279. The second-order valence-electron chi connectivity index (χ2n) is 9.52. The van der Waals surface area contributed by atoms with Crippen molar-refractivity contribution in [1.82, 2.24) is 25.1 Å². The normalized spacial score (nSPS) is 11.1. The first kappa shape index (κ1) is 27.9. The van der Waals surface area contributed by atoms with E-state index in [1.807, 2.05) is 108 Å². The summed E-state index contributed by atoms with van der Waals surface area (Å²) < 4.78 is 2.04. The van der Waals surface area contributed by atoms with Gasteiger partial charge >= 0.3 is 0 Å². The number of hydrogen-bond donors (Lipinski definition) is 1. The van der Waals surface area contributed by atoms with Crippen molar-refractivity contribution in [3.8, 4) is 5.69 Å². The van der Waals surface area contributed by atoms with E-state index in [9.17, 15) is 4.79 Å². The minimum absolute atomic E-state index is 0.215. The SMILES string of the molecule is O=C(NC(c1ccccc1)c1ccccc1)c1csc(CSc2nnc(Cc3ccccc3)n2-c2cccc(Cl)c2)n1. The monoisotopic (exact) mass is 607 g/mol. The Morgan fingerprint density at radius 1 is 0.857 bits per heavy atom. The highest BCUT2D eigenvalue weighted by Crippen LogP contribution is 2.29. The Balaban J connectivity index is 1.20. The molecule has 208 valence electrons. The molecule has 0 radical (unpaired) electrons. The van der Waals surface area contributed by atoms with E-state index >= 15 is 0 Å². The van der Waals surface area contributed by atoms with Crippen molar-refractivity contribution in [1.29, 1.82) is 0 Å². The van der Waals surface area contributed by atoms with Gasteiger partial charge in [0, 0.05) is 16.8 Å². The fourth-order valence-corrected chi connectivity index (χ4v) is 6.57. The van der Waals surface area contributed by atoms with E-state index in [1.165, 1.54) is 23.1 Å². The van der Waals surface area contributed by atoms with Crippen molar-refractivity contribution in [2.45, 2.75) is 23.4 Å². The Labute approximate surface area is 257 Å². The highest BCUT2D eigenvalue weighted by Gasteiger charge is 2.20. The number of thiazole rings is 1. The number of rotatable bonds is 10. The van der Waals surface area contributed by atoms with E-state index in [0.717, 1.165) is 38.4 Å². The quantitative estimate of drug-likeness (QED) is 0.161. The van der Waals surface area contributed by atoms with Crippen molar-refractivity contribution < 1.29 is 4.79 Å². The molecule has 1 amide bonds. The number of benzene rings is 4. The first-order valence-electron chi connectivity index (χ1n) is 13.4. The third kappa shape index (κ3) is 6.62. The van der Waals surface area contributed by atoms with Crippen molar-refractivity contribution in [3.63, 3.8) is 0 Å². The van der Waals surface area contributed by atoms with E-state index < -0.39 is 0 Å². The smallest absolute Gasteiger partial charge is 0.271 e. The molecule has 0 aliphatic heterocycles. The number of carbonyl (C=O) groups excluding carboxylic acids is 1. The lowest BCUT2D eigenvalue weighted by molar-refractivity contribution is 0.0938. The van der Waals surface area contributed by atoms with Crippen LogP contribution in [0.3, 0.4) is 0 Å². The predicted octanol–water partition coefficient (Wildman–Crippen LogP) is 7.78. The second kappa shape index (κ2) is 13.2. The second-order valence-corrected chi connectivity index (χ2v) is 11.8. The molecule has 6 aromatic rings. The van der Waals surface area contributed by atoms with Crippen LogP contribution in [0.2, 0.25) is 5.02 Å². The highest BCUT2D eigenvalue weighted by atomic mass is 35.5. The maximum absolute atomic E-state index is 13.3. The molecule has 6 nitrogen and oxygen atoms in total. The summed E-state index contributed by atoms with van der Waals surface area (Å²) in [5.41, 5.74) is 4.45. The Kier molecular flexibility index (Phi) is 8.75. The first-order valence-corrected chi connectivity index (χ1v) is 15.6. The van der Waals surface area contributed by atoms with Crippen LogP contribution in [-0.4, -0.2) is 25.7 Å². The van der Waals surface area contributed by atoms with Gasteiger partial charge in [0.25, 0.3) is 5.91 Å². The lowest BCUT2D eigenvalue weighted by Gasteiger charge is -2.19. The molecule has 9 heteroatoms. The lowest BCUT2D eigenvalue weighted by Crippen LogP contribution is -2.29. The summed E-state index contributed by atoms with van der Waals surface area (Å²) in [5, 5.41) is 16.2. The Morgan fingerprint density at radius 3 is 2.19 bits per heavy atom. The van der Waals surface area contributed by atoms with Gasteiger partial charge in [-0.1, -0.05) is 120 Å². The average molecular weight is 608 g/mol. The van der Waals surface area contributed by atoms with E-state index in [-0.39, 0.29) is 11.9 Å². The van der Waals surface area contributed by atoms with Gasteiger partial charge in [0.05, 0.1) is 17.5 Å². The zero-order valence-corrected chi connectivity index (χ0v) is 24.8. The molecular formula is C33H26ClN5OS2. The number of nitrogens with zero attached hydrogens (tertiary/aromatic N) is 4. The molecule has 0 fully saturated rings. The number of nitrogens with one attached hydrogen (secondary N) is 1. The van der Waals surface area contributed by atoms with Crippen LogP contribution in [0.4, 0.5) is 0 Å². The summed E-state index contributed by atoms with van der Waals surface area (Å²) >= 11 is 9.32. The summed E-state index contributed by atoms with van der Waals surface area (Å²) in [7, 11) is 0. The zero-order chi connectivity index (χ0) is 28.7. The van der Waals surface area contributed by atoms with Gasteiger partial charge in [-0.15, -0.1) is 21.5 Å². The van der Waals surface area contributed by atoms with Crippen LogP contribution in [0, 0.1) is 0 Å². The van der Waals surface area contributed by atoms with Crippen LogP contribution < -0.4 is 5.32 Å². The van der Waals surface area contributed by atoms with Gasteiger partial charge in [-0.3, -0.25) is 9.36 Å². The number of aromatic nitrogens is 4. The van der Waals surface area contributed by atoms with Gasteiger partial charge < -0.3 is 5.32 Å². The number of amides is 1. The zero-order valence-electron chi connectivity index (χ0n) is 22.4. The molecule has 1 N–H and O–H groups in total. The Hall–Kier alpha value is -4.24. The summed E-state index contributed by atoms with van der Waals surface area (Å²) in [6, 6.07) is 37.5. The summed E-state index contributed by atoms with van der Waals surface area (Å²) in [4.78, 5) is 18.0. The van der Waals surface area contributed by atoms with Crippen LogP contribution in [0.15, 0.2) is 126 Å². The van der Waals surface area contributed by atoms with E-state index in [0.29, 0.717) is 22.9 Å². The molecule has 42 heavy (non-hydrogen) atoms. The van der Waals surface area contributed by atoms with Crippen LogP contribution in [0.5, 0.6) is 0 Å². The number of hydrogen-bond acceptors (Lipinski definition) is 6. The van der Waals surface area contributed by atoms with Gasteiger partial charge in [0.1, 0.15) is 16.5 Å². The number of halogens is 1. The summed E-state index contributed by atoms with van der Waals surface area (Å²) in [6.07, 6.45) is 0.631. The molecule has 0 spiro atoms. The van der Waals surface area contributed by atoms with Crippen molar-refractivity contribution in [3.05, 3.63) is 159 Å². The topological polar surface area (TPSA) is 72.7 Å². The Morgan fingerprint density at radius 2 is 1.52 bits per heavy atom. The van der Waals surface area contributed by atoms with Gasteiger partial charge in [0.15, 0.2) is 5.16 Å². The summed E-state index contributed by atoms with van der Waals surface area (Å²) in [6.45, 7) is 0. The lowest BCUT2D eigenvalue weighted by atomic mass is 9.98. The fourth-order valence-electron chi connectivity index (χ4n) is 4.62. The predicted molar refractivity (Wildman–Crippen MR) is 169 cm³/mol. The molecule has 0 atom stereocenters. The number of thioether (sulfide) groups is 1. The van der Waals surface area contributed by atoms with Crippen molar-refractivity contribution >= 4 is 40.6 Å². The standard InChI is InChI=1S/C33H26ClN5OS2/c34-26-17-10-18-27(20-26)39-29(19-23-11-4-1-5-12-23)37-38-33(39)42-22-30-35-28(21-41-30)32(40)36-31(24-13-6-2-7-14-24)25-15-8-3-9-16-25/h1-18,20-21,31H,19,22H2,(H,36,40). The first-order chi connectivity index (χ1) is 20.6. The maximum atomic E-state index is 13.3. The molecule has 0 bridgehead atoms. The van der Waals surface area contributed by atoms with E-state index in [2.05, 4.69) is 32.6 Å².